The molecule has 0 aliphatic heterocycles. The van der Waals surface area contributed by atoms with Crippen molar-refractivity contribution in [3.63, 3.8) is 0 Å². The van der Waals surface area contributed by atoms with Gasteiger partial charge in [0.2, 0.25) is 10.0 Å². The molecular weight excluding hydrogens is 361 g/mol. The van der Waals surface area contributed by atoms with Gasteiger partial charge in [0.05, 0.1) is 11.4 Å². The summed E-state index contributed by atoms with van der Waals surface area (Å²) in [5.74, 6) is -0.386. The highest BCUT2D eigenvalue weighted by Crippen LogP contribution is 2.29. The van der Waals surface area contributed by atoms with Gasteiger partial charge < -0.3 is 11.1 Å². The van der Waals surface area contributed by atoms with E-state index in [0.717, 1.165) is 0 Å². The summed E-state index contributed by atoms with van der Waals surface area (Å²) >= 11 is 3.30. The number of nitrogens with one attached hydrogen (secondary N) is 2. The van der Waals surface area contributed by atoms with Crippen molar-refractivity contribution in [2.24, 2.45) is 0 Å². The molecule has 8 heteroatoms. The van der Waals surface area contributed by atoms with Gasteiger partial charge in [0.1, 0.15) is 10.7 Å². The monoisotopic (exact) mass is 373 g/mol. The van der Waals surface area contributed by atoms with E-state index in [1.165, 1.54) is 31.3 Å². The average molecular weight is 374 g/mol. The van der Waals surface area contributed by atoms with Crippen molar-refractivity contribution in [3.05, 3.63) is 46.7 Å². The fraction of sp³-hybridized carbons (Fsp3) is 0.0769. The Kier molecular flexibility index (Phi) is 4.50. The zero-order valence-corrected chi connectivity index (χ0v) is 13.4. The van der Waals surface area contributed by atoms with E-state index < -0.39 is 10.0 Å². The van der Waals surface area contributed by atoms with Gasteiger partial charge in [0, 0.05) is 10.2 Å². The Morgan fingerprint density at radius 2 is 1.90 bits per heavy atom. The van der Waals surface area contributed by atoms with E-state index in [-0.39, 0.29) is 16.4 Å². The normalized spacial score (nSPS) is 11.4. The third kappa shape index (κ3) is 3.52. The first kappa shape index (κ1) is 15.7. The molecule has 21 heavy (non-hydrogen) atoms. The predicted octanol–water partition coefficient (Wildman–Crippen LogP) is 2.82. The summed E-state index contributed by atoms with van der Waals surface area (Å²) in [5.41, 5.74) is 6.92. The highest BCUT2D eigenvalue weighted by atomic mass is 79.9. The molecule has 0 aromatic heterocycles. The maximum absolute atomic E-state index is 13.2. The zero-order valence-electron chi connectivity index (χ0n) is 11.0. The van der Waals surface area contributed by atoms with Gasteiger partial charge in [-0.05, 0) is 59.4 Å². The number of rotatable bonds is 4. The second-order valence-corrected chi connectivity index (χ2v) is 6.92. The minimum Gasteiger partial charge on any atom is -0.398 e. The van der Waals surface area contributed by atoms with Crippen LogP contribution in [0.1, 0.15) is 0 Å². The van der Waals surface area contributed by atoms with Crippen LogP contribution in [0.2, 0.25) is 0 Å². The molecule has 2 rings (SSSR count). The van der Waals surface area contributed by atoms with Gasteiger partial charge in [-0.25, -0.2) is 17.5 Å². The second-order valence-electron chi connectivity index (χ2n) is 4.21. The maximum atomic E-state index is 13.2. The molecule has 0 aliphatic carbocycles. The Labute approximate surface area is 130 Å². The third-order valence-corrected chi connectivity index (χ3v) is 4.96. The minimum absolute atomic E-state index is 0.00569. The number of benzene rings is 2. The summed E-state index contributed by atoms with van der Waals surface area (Å²) in [4.78, 5) is -0.00569. The minimum atomic E-state index is -3.61. The van der Waals surface area contributed by atoms with Crippen molar-refractivity contribution >= 4 is 43.0 Å². The SMILES string of the molecule is CNS(=O)(=O)c1ccc(Nc2cc(F)ccc2Br)cc1N. The average Bonchev–Trinajstić information content (AvgIpc) is 2.43. The molecule has 0 bridgehead atoms. The van der Waals surface area contributed by atoms with Crippen molar-refractivity contribution in [1.29, 1.82) is 0 Å². The van der Waals surface area contributed by atoms with E-state index in [4.69, 9.17) is 5.73 Å². The molecule has 0 fully saturated rings. The molecule has 0 radical (unpaired) electrons. The molecule has 2 aromatic rings. The summed E-state index contributed by atoms with van der Waals surface area (Å²) in [6, 6.07) is 8.63. The van der Waals surface area contributed by atoms with Crippen molar-refractivity contribution in [2.75, 3.05) is 18.1 Å². The van der Waals surface area contributed by atoms with Crippen LogP contribution in [0.25, 0.3) is 0 Å². The summed E-state index contributed by atoms with van der Waals surface area (Å²) in [7, 11) is -2.30. The Hall–Kier alpha value is -1.64. The highest BCUT2D eigenvalue weighted by Gasteiger charge is 2.15. The number of nitrogens with two attached hydrogens (primary N) is 1. The lowest BCUT2D eigenvalue weighted by Crippen LogP contribution is -2.19. The smallest absolute Gasteiger partial charge is 0.242 e. The van der Waals surface area contributed by atoms with Gasteiger partial charge in [-0.3, -0.25) is 0 Å². The van der Waals surface area contributed by atoms with Crippen LogP contribution in [0.5, 0.6) is 0 Å². The Bertz CT molecular complexity index is 781. The molecule has 5 nitrogen and oxygen atoms in total. The lowest BCUT2D eigenvalue weighted by molar-refractivity contribution is 0.588. The standard InChI is InChI=1S/C13H13BrFN3O2S/c1-17-21(19,20)13-5-3-9(7-11(13)16)18-12-6-8(15)2-4-10(12)14/h2-7,17-18H,16H2,1H3. The van der Waals surface area contributed by atoms with Gasteiger partial charge in [0.15, 0.2) is 0 Å². The van der Waals surface area contributed by atoms with Gasteiger partial charge in [-0.15, -0.1) is 0 Å². The number of hydrogen-bond donors (Lipinski definition) is 3. The van der Waals surface area contributed by atoms with E-state index in [0.29, 0.717) is 15.8 Å². The topological polar surface area (TPSA) is 84.2 Å². The van der Waals surface area contributed by atoms with Gasteiger partial charge in [-0.1, -0.05) is 0 Å². The van der Waals surface area contributed by atoms with Gasteiger partial charge in [-0.2, -0.15) is 0 Å². The summed E-state index contributed by atoms with van der Waals surface area (Å²) < 4.78 is 39.5. The Morgan fingerprint density at radius 3 is 2.52 bits per heavy atom. The molecular formula is C13H13BrFN3O2S. The van der Waals surface area contributed by atoms with Gasteiger partial charge >= 0.3 is 0 Å². The van der Waals surface area contributed by atoms with Crippen molar-refractivity contribution in [2.45, 2.75) is 4.90 Å². The van der Waals surface area contributed by atoms with Gasteiger partial charge in [0.25, 0.3) is 0 Å². The van der Waals surface area contributed by atoms with Crippen LogP contribution in [0, 0.1) is 5.82 Å². The quantitative estimate of drug-likeness (QED) is 0.719. The molecule has 0 heterocycles. The molecule has 0 atom stereocenters. The molecule has 0 amide bonds. The lowest BCUT2D eigenvalue weighted by atomic mass is 10.2. The van der Waals surface area contributed by atoms with Crippen LogP contribution in [-0.4, -0.2) is 15.5 Å². The van der Waals surface area contributed by atoms with E-state index in [9.17, 15) is 12.8 Å². The second kappa shape index (κ2) is 6.00. The molecule has 4 N–H and O–H groups in total. The molecule has 112 valence electrons. The third-order valence-electron chi connectivity index (χ3n) is 2.78. The largest absolute Gasteiger partial charge is 0.398 e. The van der Waals surface area contributed by atoms with Crippen molar-refractivity contribution < 1.29 is 12.8 Å². The Morgan fingerprint density at radius 1 is 1.19 bits per heavy atom. The van der Waals surface area contributed by atoms with Crippen LogP contribution < -0.4 is 15.8 Å². The first-order valence-electron chi connectivity index (χ1n) is 5.88. The molecule has 0 saturated carbocycles. The number of hydrogen-bond acceptors (Lipinski definition) is 4. The molecule has 0 spiro atoms. The fourth-order valence-electron chi connectivity index (χ4n) is 1.73. The first-order valence-corrected chi connectivity index (χ1v) is 8.16. The number of halogens is 2. The fourth-order valence-corrected chi connectivity index (χ4v) is 2.91. The van der Waals surface area contributed by atoms with E-state index in [1.807, 2.05) is 0 Å². The molecule has 0 unspecified atom stereocenters. The molecule has 0 aliphatic rings. The number of sulfonamides is 1. The first-order chi connectivity index (χ1) is 9.83. The van der Waals surface area contributed by atoms with Crippen LogP contribution in [0.3, 0.4) is 0 Å². The summed E-state index contributed by atoms with van der Waals surface area (Å²) in [6.45, 7) is 0. The number of anilines is 3. The van der Waals surface area contributed by atoms with E-state index in [1.54, 1.807) is 12.1 Å². The summed E-state index contributed by atoms with van der Waals surface area (Å²) in [5, 5.41) is 2.97. The highest BCUT2D eigenvalue weighted by molar-refractivity contribution is 9.10. The predicted molar refractivity (Wildman–Crippen MR) is 84.5 cm³/mol. The van der Waals surface area contributed by atoms with Crippen LogP contribution in [0.4, 0.5) is 21.5 Å². The summed E-state index contributed by atoms with van der Waals surface area (Å²) in [6.07, 6.45) is 0. The van der Waals surface area contributed by atoms with Crippen LogP contribution in [-0.2, 0) is 10.0 Å². The zero-order chi connectivity index (χ0) is 15.6. The van der Waals surface area contributed by atoms with E-state index in [2.05, 4.69) is 26.0 Å². The van der Waals surface area contributed by atoms with Crippen molar-refractivity contribution in [3.8, 4) is 0 Å². The van der Waals surface area contributed by atoms with Crippen molar-refractivity contribution in [1.82, 2.24) is 4.72 Å². The molecule has 2 aromatic carbocycles. The lowest BCUT2D eigenvalue weighted by Gasteiger charge is -2.11. The number of nitrogen functional groups attached to an aromatic ring is 1. The van der Waals surface area contributed by atoms with Crippen LogP contribution >= 0.6 is 15.9 Å². The molecule has 0 saturated heterocycles. The van der Waals surface area contributed by atoms with E-state index >= 15 is 0 Å². The van der Waals surface area contributed by atoms with Crippen LogP contribution in [0.15, 0.2) is 45.8 Å². The maximum Gasteiger partial charge on any atom is 0.242 e. The Balaban J connectivity index is 2.35.